The van der Waals surface area contributed by atoms with Crippen LogP contribution in [-0.2, 0) is 4.79 Å². The van der Waals surface area contributed by atoms with Crippen LogP contribution in [0.25, 0.3) is 10.9 Å². The first-order valence-corrected chi connectivity index (χ1v) is 11.5. The first kappa shape index (κ1) is 21.0. The lowest BCUT2D eigenvalue weighted by molar-refractivity contribution is -0.116. The van der Waals surface area contributed by atoms with Crippen molar-refractivity contribution in [2.45, 2.75) is 13.3 Å². The Morgan fingerprint density at radius 2 is 1.81 bits per heavy atom. The normalized spacial score (nSPS) is 20.6. The summed E-state index contributed by atoms with van der Waals surface area (Å²) in [6.07, 6.45) is 0.447. The number of likely N-dealkylation sites (tertiary alicyclic amines) is 2. The molecule has 7 heteroatoms. The van der Waals surface area contributed by atoms with Crippen LogP contribution in [0.1, 0.15) is 22.5 Å². The van der Waals surface area contributed by atoms with Gasteiger partial charge in [-0.2, -0.15) is 0 Å². The number of hydrogen-bond acceptors (Lipinski definition) is 3. The Bertz CT molecular complexity index is 1130. The van der Waals surface area contributed by atoms with Crippen LogP contribution in [0.15, 0.2) is 48.5 Å². The SMILES string of the molecule is Cc1ccc(NC(=O)CCN2CC3CN(C(=O)c4cc5ccccc5[nH]4)CC3C2)cc1Cl. The summed E-state index contributed by atoms with van der Waals surface area (Å²) in [6, 6.07) is 15.5. The van der Waals surface area contributed by atoms with Crippen LogP contribution in [0, 0.1) is 18.8 Å². The summed E-state index contributed by atoms with van der Waals surface area (Å²) in [4.78, 5) is 32.9. The highest BCUT2D eigenvalue weighted by molar-refractivity contribution is 6.31. The van der Waals surface area contributed by atoms with E-state index in [1.165, 1.54) is 0 Å². The largest absolute Gasteiger partial charge is 0.351 e. The van der Waals surface area contributed by atoms with Gasteiger partial charge in [-0.1, -0.05) is 35.9 Å². The summed E-state index contributed by atoms with van der Waals surface area (Å²) in [5, 5.41) is 4.65. The summed E-state index contributed by atoms with van der Waals surface area (Å²) < 4.78 is 0. The van der Waals surface area contributed by atoms with Crippen molar-refractivity contribution >= 4 is 40.0 Å². The number of halogens is 1. The highest BCUT2D eigenvalue weighted by Gasteiger charge is 2.41. The zero-order valence-corrected chi connectivity index (χ0v) is 18.9. The number of aromatic nitrogens is 1. The molecule has 0 aliphatic carbocycles. The van der Waals surface area contributed by atoms with Gasteiger partial charge in [-0.05, 0) is 48.6 Å². The lowest BCUT2D eigenvalue weighted by atomic mass is 10.0. The Balaban J connectivity index is 1.11. The molecule has 2 N–H and O–H groups in total. The van der Waals surface area contributed by atoms with E-state index in [9.17, 15) is 9.59 Å². The maximum absolute atomic E-state index is 13.0. The van der Waals surface area contributed by atoms with Gasteiger partial charge in [0.05, 0.1) is 0 Å². The van der Waals surface area contributed by atoms with Crippen molar-refractivity contribution < 1.29 is 9.59 Å². The Morgan fingerprint density at radius 3 is 2.53 bits per heavy atom. The zero-order valence-electron chi connectivity index (χ0n) is 18.1. The number of aryl methyl sites for hydroxylation is 1. The Kier molecular flexibility index (Phi) is 5.66. The summed E-state index contributed by atoms with van der Waals surface area (Å²) in [6.45, 7) is 6.10. The van der Waals surface area contributed by atoms with Crippen molar-refractivity contribution in [3.63, 3.8) is 0 Å². The van der Waals surface area contributed by atoms with E-state index in [1.54, 1.807) is 6.07 Å². The minimum absolute atomic E-state index is 0.00223. The summed E-state index contributed by atoms with van der Waals surface area (Å²) in [5.41, 5.74) is 3.38. The number of anilines is 1. The molecule has 0 saturated carbocycles. The van der Waals surface area contributed by atoms with Crippen molar-refractivity contribution in [3.8, 4) is 0 Å². The lowest BCUT2D eigenvalue weighted by Gasteiger charge is -2.21. The molecule has 0 bridgehead atoms. The van der Waals surface area contributed by atoms with Crippen LogP contribution in [0.3, 0.4) is 0 Å². The predicted octanol–water partition coefficient (Wildman–Crippen LogP) is 4.16. The van der Waals surface area contributed by atoms with E-state index in [2.05, 4.69) is 15.2 Å². The number of aromatic amines is 1. The first-order chi connectivity index (χ1) is 15.5. The molecule has 2 atom stereocenters. The van der Waals surface area contributed by atoms with Crippen LogP contribution in [-0.4, -0.2) is 59.3 Å². The first-order valence-electron chi connectivity index (χ1n) is 11.1. The third-order valence-corrected chi connectivity index (χ3v) is 7.13. The topological polar surface area (TPSA) is 68.4 Å². The van der Waals surface area contributed by atoms with Gasteiger partial charge in [0.2, 0.25) is 5.91 Å². The molecule has 5 rings (SSSR count). The van der Waals surface area contributed by atoms with Gasteiger partial charge >= 0.3 is 0 Å². The molecular formula is C25H27ClN4O2. The number of carbonyl (C=O) groups excluding carboxylic acids is 2. The third kappa shape index (κ3) is 4.25. The van der Waals surface area contributed by atoms with E-state index >= 15 is 0 Å². The average Bonchev–Trinajstić information content (AvgIpc) is 3.47. The van der Waals surface area contributed by atoms with Gasteiger partial charge in [0, 0.05) is 60.8 Å². The molecule has 32 heavy (non-hydrogen) atoms. The number of carbonyl (C=O) groups is 2. The maximum Gasteiger partial charge on any atom is 0.270 e. The Morgan fingerprint density at radius 1 is 1.06 bits per heavy atom. The van der Waals surface area contributed by atoms with Crippen molar-refractivity contribution in [1.82, 2.24) is 14.8 Å². The van der Waals surface area contributed by atoms with E-state index < -0.39 is 0 Å². The molecule has 2 fully saturated rings. The highest BCUT2D eigenvalue weighted by atomic mass is 35.5. The number of hydrogen-bond donors (Lipinski definition) is 2. The second kappa shape index (κ2) is 8.60. The molecule has 3 heterocycles. The molecule has 3 aromatic rings. The van der Waals surface area contributed by atoms with E-state index in [-0.39, 0.29) is 11.8 Å². The summed E-state index contributed by atoms with van der Waals surface area (Å²) in [5.74, 6) is 1.03. The fourth-order valence-electron chi connectivity index (χ4n) is 4.95. The molecule has 1 aromatic heterocycles. The Hall–Kier alpha value is -2.83. The van der Waals surface area contributed by atoms with E-state index in [4.69, 9.17) is 11.6 Å². The average molecular weight is 451 g/mol. The fraction of sp³-hybridized carbons (Fsp3) is 0.360. The summed E-state index contributed by atoms with van der Waals surface area (Å²) in [7, 11) is 0. The van der Waals surface area contributed by atoms with Crippen molar-refractivity contribution in [2.75, 3.05) is 38.0 Å². The molecule has 2 saturated heterocycles. The number of fused-ring (bicyclic) bond motifs is 2. The maximum atomic E-state index is 13.0. The van der Waals surface area contributed by atoms with Crippen molar-refractivity contribution in [2.24, 2.45) is 11.8 Å². The number of para-hydroxylation sites is 1. The molecule has 2 aliphatic heterocycles. The van der Waals surface area contributed by atoms with Crippen LogP contribution in [0.4, 0.5) is 5.69 Å². The fourth-order valence-corrected chi connectivity index (χ4v) is 5.13. The molecule has 2 aromatic carbocycles. The third-order valence-electron chi connectivity index (χ3n) is 6.72. The van der Waals surface area contributed by atoms with E-state index in [0.29, 0.717) is 29.0 Å². The van der Waals surface area contributed by atoms with Crippen LogP contribution in [0.2, 0.25) is 5.02 Å². The van der Waals surface area contributed by atoms with Gasteiger partial charge < -0.3 is 20.1 Å². The number of H-pyrrole nitrogens is 1. The van der Waals surface area contributed by atoms with E-state index in [0.717, 1.165) is 54.9 Å². The number of rotatable bonds is 5. The molecule has 2 unspecified atom stereocenters. The minimum atomic E-state index is -0.00223. The van der Waals surface area contributed by atoms with Crippen LogP contribution in [0.5, 0.6) is 0 Å². The predicted molar refractivity (Wildman–Crippen MR) is 127 cm³/mol. The molecule has 2 amide bonds. The van der Waals surface area contributed by atoms with E-state index in [1.807, 2.05) is 54.3 Å². The van der Waals surface area contributed by atoms with Gasteiger partial charge in [-0.25, -0.2) is 0 Å². The monoisotopic (exact) mass is 450 g/mol. The molecule has 0 spiro atoms. The van der Waals surface area contributed by atoms with Crippen LogP contribution < -0.4 is 5.32 Å². The zero-order chi connectivity index (χ0) is 22.2. The standard InChI is InChI=1S/C25H27ClN4O2/c1-16-6-7-20(11-21(16)26)27-24(31)8-9-29-12-18-14-30(15-19(18)13-29)25(32)23-10-17-4-2-3-5-22(17)28-23/h2-7,10-11,18-19,28H,8-9,12-15H2,1H3,(H,27,31). The highest BCUT2D eigenvalue weighted by Crippen LogP contribution is 2.32. The number of amides is 2. The number of benzene rings is 2. The van der Waals surface area contributed by atoms with Gasteiger partial charge in [-0.3, -0.25) is 9.59 Å². The summed E-state index contributed by atoms with van der Waals surface area (Å²) >= 11 is 6.14. The number of nitrogens with one attached hydrogen (secondary N) is 2. The van der Waals surface area contributed by atoms with Gasteiger partial charge in [0.25, 0.3) is 5.91 Å². The second-order valence-electron chi connectivity index (χ2n) is 9.02. The minimum Gasteiger partial charge on any atom is -0.351 e. The Labute approximate surface area is 192 Å². The van der Waals surface area contributed by atoms with Gasteiger partial charge in [0.15, 0.2) is 0 Å². The lowest BCUT2D eigenvalue weighted by Crippen LogP contribution is -2.34. The quantitative estimate of drug-likeness (QED) is 0.613. The molecule has 2 aliphatic rings. The molecular weight excluding hydrogens is 424 g/mol. The second-order valence-corrected chi connectivity index (χ2v) is 9.43. The van der Waals surface area contributed by atoms with Crippen LogP contribution >= 0.6 is 11.6 Å². The molecule has 166 valence electrons. The number of nitrogens with zero attached hydrogens (tertiary/aromatic N) is 2. The van der Waals surface area contributed by atoms with Gasteiger partial charge in [-0.15, -0.1) is 0 Å². The van der Waals surface area contributed by atoms with Gasteiger partial charge in [0.1, 0.15) is 5.69 Å². The smallest absolute Gasteiger partial charge is 0.270 e. The van der Waals surface area contributed by atoms with Crippen molar-refractivity contribution in [3.05, 3.63) is 64.8 Å². The van der Waals surface area contributed by atoms with Crippen molar-refractivity contribution in [1.29, 1.82) is 0 Å². The molecule has 6 nitrogen and oxygen atoms in total. The molecule has 0 radical (unpaired) electrons.